The molecular weight excluding hydrogens is 240 g/mol. The minimum absolute atomic E-state index is 0.0371. The Morgan fingerprint density at radius 1 is 0.789 bits per heavy atom. The van der Waals surface area contributed by atoms with Crippen molar-refractivity contribution in [3.05, 3.63) is 12.2 Å². The van der Waals surface area contributed by atoms with E-state index in [1.54, 1.807) is 0 Å². The van der Waals surface area contributed by atoms with Gasteiger partial charge in [0.2, 0.25) is 0 Å². The standard InChI is InChI=1S/C16H28O3/c17-16-12-8-6-4-2-1-3-5-7-9-13-18-14-10-11-15-19-16/h7,9H,1-6,8,10-15H2/b9-7+. The fourth-order valence-corrected chi connectivity index (χ4v) is 2.14. The van der Waals surface area contributed by atoms with Gasteiger partial charge in [-0.05, 0) is 32.1 Å². The van der Waals surface area contributed by atoms with Gasteiger partial charge in [-0.2, -0.15) is 0 Å². The molecule has 0 aliphatic carbocycles. The van der Waals surface area contributed by atoms with E-state index < -0.39 is 0 Å². The predicted molar refractivity (Wildman–Crippen MR) is 77.1 cm³/mol. The molecule has 0 saturated heterocycles. The zero-order chi connectivity index (χ0) is 13.6. The third-order valence-electron chi connectivity index (χ3n) is 3.33. The van der Waals surface area contributed by atoms with Crippen LogP contribution in [0.3, 0.4) is 0 Å². The molecule has 1 aliphatic rings. The number of esters is 1. The number of rotatable bonds is 0. The molecular formula is C16H28O3. The van der Waals surface area contributed by atoms with Gasteiger partial charge in [0, 0.05) is 13.0 Å². The van der Waals surface area contributed by atoms with Gasteiger partial charge >= 0.3 is 5.97 Å². The van der Waals surface area contributed by atoms with Gasteiger partial charge in [0.15, 0.2) is 0 Å². The van der Waals surface area contributed by atoms with Crippen molar-refractivity contribution in [2.45, 2.75) is 64.2 Å². The van der Waals surface area contributed by atoms with Gasteiger partial charge in [-0.1, -0.05) is 37.8 Å². The molecule has 0 atom stereocenters. The lowest BCUT2D eigenvalue weighted by Gasteiger charge is -2.06. The molecule has 0 amide bonds. The van der Waals surface area contributed by atoms with Crippen LogP contribution in [0.1, 0.15) is 64.2 Å². The highest BCUT2D eigenvalue weighted by atomic mass is 16.5. The van der Waals surface area contributed by atoms with Crippen LogP contribution in [0.5, 0.6) is 0 Å². The first-order valence-electron chi connectivity index (χ1n) is 7.78. The molecule has 0 spiro atoms. The number of hydrogen-bond donors (Lipinski definition) is 0. The molecule has 1 rings (SSSR count). The van der Waals surface area contributed by atoms with Crippen LogP contribution in [0.4, 0.5) is 0 Å². The summed E-state index contributed by atoms with van der Waals surface area (Å²) in [7, 11) is 0. The molecule has 3 heteroatoms. The molecule has 1 aliphatic heterocycles. The summed E-state index contributed by atoms with van der Waals surface area (Å²) in [6.07, 6.45) is 15.1. The van der Waals surface area contributed by atoms with E-state index in [0.717, 1.165) is 38.7 Å². The Balaban J connectivity index is 2.16. The molecule has 0 aromatic carbocycles. The van der Waals surface area contributed by atoms with Crippen LogP contribution in [0.15, 0.2) is 12.2 Å². The highest BCUT2D eigenvalue weighted by molar-refractivity contribution is 5.69. The maximum absolute atomic E-state index is 11.4. The maximum Gasteiger partial charge on any atom is 0.305 e. The van der Waals surface area contributed by atoms with Crippen molar-refractivity contribution >= 4 is 5.97 Å². The third kappa shape index (κ3) is 10.8. The Hall–Kier alpha value is -0.830. The summed E-state index contributed by atoms with van der Waals surface area (Å²) in [4.78, 5) is 11.4. The van der Waals surface area contributed by atoms with E-state index in [-0.39, 0.29) is 5.97 Å². The monoisotopic (exact) mass is 268 g/mol. The first-order chi connectivity index (χ1) is 9.39. The average molecular weight is 268 g/mol. The summed E-state index contributed by atoms with van der Waals surface area (Å²) in [6.45, 7) is 2.00. The van der Waals surface area contributed by atoms with E-state index in [9.17, 15) is 4.79 Å². The van der Waals surface area contributed by atoms with E-state index in [1.165, 1.54) is 25.7 Å². The van der Waals surface area contributed by atoms with Gasteiger partial charge in [0.25, 0.3) is 0 Å². The lowest BCUT2D eigenvalue weighted by molar-refractivity contribution is -0.144. The second-order valence-electron chi connectivity index (χ2n) is 5.13. The summed E-state index contributed by atoms with van der Waals surface area (Å²) in [5.74, 6) is -0.0371. The number of cyclic esters (lactones) is 1. The number of ether oxygens (including phenoxy) is 2. The van der Waals surface area contributed by atoms with E-state index in [0.29, 0.717) is 19.6 Å². The number of carbonyl (C=O) groups is 1. The average Bonchev–Trinajstić information content (AvgIpc) is 2.41. The first-order valence-corrected chi connectivity index (χ1v) is 7.78. The Labute approximate surface area is 117 Å². The Morgan fingerprint density at radius 3 is 2.42 bits per heavy atom. The quantitative estimate of drug-likeness (QED) is 0.492. The smallest absolute Gasteiger partial charge is 0.305 e. The molecule has 3 nitrogen and oxygen atoms in total. The molecule has 0 aromatic rings. The Morgan fingerprint density at radius 2 is 1.53 bits per heavy atom. The molecule has 1 heterocycles. The normalized spacial score (nSPS) is 23.9. The van der Waals surface area contributed by atoms with Crippen molar-refractivity contribution in [2.24, 2.45) is 0 Å². The van der Waals surface area contributed by atoms with Gasteiger partial charge in [0.1, 0.15) is 0 Å². The summed E-state index contributed by atoms with van der Waals surface area (Å²) in [5, 5.41) is 0. The van der Waals surface area contributed by atoms with Crippen LogP contribution in [0.2, 0.25) is 0 Å². The third-order valence-corrected chi connectivity index (χ3v) is 3.33. The zero-order valence-corrected chi connectivity index (χ0v) is 12.1. The topological polar surface area (TPSA) is 35.5 Å². The van der Waals surface area contributed by atoms with Crippen LogP contribution < -0.4 is 0 Å². The fourth-order valence-electron chi connectivity index (χ4n) is 2.14. The number of hydrogen-bond acceptors (Lipinski definition) is 3. The number of carbonyl (C=O) groups excluding carboxylic acids is 1. The van der Waals surface area contributed by atoms with Crippen molar-refractivity contribution in [2.75, 3.05) is 19.8 Å². The molecule has 0 unspecified atom stereocenters. The second-order valence-corrected chi connectivity index (χ2v) is 5.13. The van der Waals surface area contributed by atoms with Gasteiger partial charge in [-0.15, -0.1) is 0 Å². The highest BCUT2D eigenvalue weighted by Gasteiger charge is 2.02. The Bertz CT molecular complexity index is 248. The minimum atomic E-state index is -0.0371. The van der Waals surface area contributed by atoms with Crippen LogP contribution in [-0.2, 0) is 14.3 Å². The van der Waals surface area contributed by atoms with Crippen LogP contribution in [-0.4, -0.2) is 25.8 Å². The fraction of sp³-hybridized carbons (Fsp3) is 0.812. The maximum atomic E-state index is 11.4. The van der Waals surface area contributed by atoms with Crippen molar-refractivity contribution in [3.8, 4) is 0 Å². The van der Waals surface area contributed by atoms with E-state index in [2.05, 4.69) is 12.2 Å². The van der Waals surface area contributed by atoms with Gasteiger partial charge in [-0.3, -0.25) is 4.79 Å². The summed E-state index contributed by atoms with van der Waals surface area (Å²) in [5.41, 5.74) is 0. The van der Waals surface area contributed by atoms with Gasteiger partial charge < -0.3 is 9.47 Å². The van der Waals surface area contributed by atoms with Crippen LogP contribution >= 0.6 is 0 Å². The van der Waals surface area contributed by atoms with Crippen LogP contribution in [0.25, 0.3) is 0 Å². The van der Waals surface area contributed by atoms with E-state index in [1.807, 2.05) is 0 Å². The molecule has 0 N–H and O–H groups in total. The summed E-state index contributed by atoms with van der Waals surface area (Å²) >= 11 is 0. The molecule has 110 valence electrons. The van der Waals surface area contributed by atoms with Gasteiger partial charge in [0.05, 0.1) is 13.2 Å². The van der Waals surface area contributed by atoms with E-state index >= 15 is 0 Å². The zero-order valence-electron chi connectivity index (χ0n) is 12.1. The molecule has 0 fully saturated rings. The van der Waals surface area contributed by atoms with Crippen molar-refractivity contribution in [3.63, 3.8) is 0 Å². The summed E-state index contributed by atoms with van der Waals surface area (Å²) < 4.78 is 10.7. The molecule has 19 heavy (non-hydrogen) atoms. The Kier molecular flexibility index (Phi) is 10.4. The largest absolute Gasteiger partial charge is 0.466 e. The highest BCUT2D eigenvalue weighted by Crippen LogP contribution is 2.09. The molecule has 0 aromatic heterocycles. The number of allylic oxidation sites excluding steroid dienone is 1. The van der Waals surface area contributed by atoms with Crippen LogP contribution in [0, 0.1) is 0 Å². The predicted octanol–water partition coefficient (Wildman–Crippen LogP) is 4.02. The van der Waals surface area contributed by atoms with Crippen molar-refractivity contribution in [1.82, 2.24) is 0 Å². The SMILES string of the molecule is O=C1CCCCCCCC/C=C/COCCCCO1. The van der Waals surface area contributed by atoms with Gasteiger partial charge in [-0.25, -0.2) is 0 Å². The lowest BCUT2D eigenvalue weighted by atomic mass is 10.1. The second kappa shape index (κ2) is 12.2. The molecule has 0 bridgehead atoms. The van der Waals surface area contributed by atoms with E-state index in [4.69, 9.17) is 9.47 Å². The van der Waals surface area contributed by atoms with Crippen molar-refractivity contribution in [1.29, 1.82) is 0 Å². The molecule has 0 saturated carbocycles. The minimum Gasteiger partial charge on any atom is -0.466 e. The molecule has 0 radical (unpaired) electrons. The lowest BCUT2D eigenvalue weighted by Crippen LogP contribution is -2.06. The summed E-state index contributed by atoms with van der Waals surface area (Å²) in [6, 6.07) is 0. The van der Waals surface area contributed by atoms with Crippen molar-refractivity contribution < 1.29 is 14.3 Å². The first kappa shape index (κ1) is 16.2.